The average Bonchev–Trinajstić information content (AvgIpc) is 2.37. The van der Waals surface area contributed by atoms with E-state index in [1.807, 2.05) is 0 Å². The summed E-state index contributed by atoms with van der Waals surface area (Å²) in [5.74, 6) is 0.583. The molecule has 1 aliphatic carbocycles. The fraction of sp³-hybridized carbons (Fsp3) is 0.750. The van der Waals surface area contributed by atoms with Gasteiger partial charge in [-0.25, -0.2) is 0 Å². The van der Waals surface area contributed by atoms with Crippen molar-refractivity contribution >= 4 is 6.21 Å². The van der Waals surface area contributed by atoms with Gasteiger partial charge in [0.1, 0.15) is 0 Å². The molecule has 1 heterocycles. The molecule has 118 valence electrons. The largest absolute Gasteiger partial charge is 0.289 e. The van der Waals surface area contributed by atoms with E-state index in [2.05, 4.69) is 54.0 Å². The van der Waals surface area contributed by atoms with Gasteiger partial charge in [0.05, 0.1) is 5.54 Å². The normalized spacial score (nSPS) is 37.6. The molecule has 0 N–H and O–H groups in total. The van der Waals surface area contributed by atoms with Crippen molar-refractivity contribution in [1.82, 2.24) is 0 Å². The van der Waals surface area contributed by atoms with Crippen LogP contribution >= 0.6 is 0 Å². The summed E-state index contributed by atoms with van der Waals surface area (Å²) in [6, 6.07) is 0. The Balaban J connectivity index is 2.39. The zero-order valence-corrected chi connectivity index (χ0v) is 14.8. The van der Waals surface area contributed by atoms with Crippen molar-refractivity contribution in [1.29, 1.82) is 0 Å². The third-order valence-electron chi connectivity index (χ3n) is 6.32. The smallest absolute Gasteiger partial charge is 0.0766 e. The molecule has 0 aromatic carbocycles. The topological polar surface area (TPSA) is 12.4 Å². The third-order valence-corrected chi connectivity index (χ3v) is 6.32. The Morgan fingerprint density at radius 1 is 1.38 bits per heavy atom. The van der Waals surface area contributed by atoms with Gasteiger partial charge in [-0.2, -0.15) is 0 Å². The lowest BCUT2D eigenvalue weighted by molar-refractivity contribution is -0.0319. The number of nitrogens with zero attached hydrogens (tertiary/aromatic N) is 1. The summed E-state index contributed by atoms with van der Waals surface area (Å²) < 4.78 is 0. The fourth-order valence-electron chi connectivity index (χ4n) is 5.10. The Kier molecular flexibility index (Phi) is 4.26. The van der Waals surface area contributed by atoms with Crippen LogP contribution in [0.25, 0.3) is 0 Å². The zero-order valence-electron chi connectivity index (χ0n) is 14.8. The Morgan fingerprint density at radius 3 is 2.48 bits per heavy atom. The van der Waals surface area contributed by atoms with E-state index in [-0.39, 0.29) is 16.4 Å². The van der Waals surface area contributed by atoms with Crippen LogP contribution in [0, 0.1) is 16.7 Å². The highest BCUT2D eigenvalue weighted by Gasteiger charge is 2.64. The summed E-state index contributed by atoms with van der Waals surface area (Å²) in [5.41, 5.74) is 3.33. The van der Waals surface area contributed by atoms with Gasteiger partial charge in [0.25, 0.3) is 0 Å². The molecule has 0 aromatic heterocycles. The van der Waals surface area contributed by atoms with E-state index < -0.39 is 0 Å². The molecule has 1 nitrogen and oxygen atoms in total. The van der Waals surface area contributed by atoms with E-state index in [1.54, 1.807) is 0 Å². The van der Waals surface area contributed by atoms with Crippen LogP contribution in [-0.4, -0.2) is 11.8 Å². The summed E-state index contributed by atoms with van der Waals surface area (Å²) in [6.07, 6.45) is 9.27. The molecule has 0 aromatic rings. The van der Waals surface area contributed by atoms with Gasteiger partial charge in [0, 0.05) is 17.0 Å². The van der Waals surface area contributed by atoms with Gasteiger partial charge in [-0.05, 0) is 44.9 Å². The van der Waals surface area contributed by atoms with Crippen LogP contribution in [0.5, 0.6) is 0 Å². The number of aliphatic imine (C=N–C) groups is 1. The fourth-order valence-corrected chi connectivity index (χ4v) is 5.10. The molecule has 0 radical (unpaired) electrons. The van der Waals surface area contributed by atoms with Gasteiger partial charge < -0.3 is 0 Å². The van der Waals surface area contributed by atoms with Crippen LogP contribution in [0.4, 0.5) is 0 Å². The second-order valence-electron chi connectivity index (χ2n) is 8.21. The van der Waals surface area contributed by atoms with Crippen LogP contribution in [-0.2, 0) is 0 Å². The van der Waals surface area contributed by atoms with Crippen molar-refractivity contribution in [2.24, 2.45) is 21.7 Å². The Bertz CT molecular complexity index is 470. The minimum absolute atomic E-state index is 0.122. The molecule has 2 rings (SSSR count). The predicted octanol–water partition coefficient (Wildman–Crippen LogP) is 5.96. The zero-order chi connectivity index (χ0) is 15.9. The highest BCUT2D eigenvalue weighted by molar-refractivity contribution is 5.75. The molecule has 1 spiro atoms. The molecule has 21 heavy (non-hydrogen) atoms. The van der Waals surface area contributed by atoms with E-state index in [9.17, 15) is 0 Å². The van der Waals surface area contributed by atoms with Gasteiger partial charge in [0.2, 0.25) is 0 Å². The molecular weight excluding hydrogens is 254 g/mol. The van der Waals surface area contributed by atoms with Crippen LogP contribution in [0.2, 0.25) is 0 Å². The van der Waals surface area contributed by atoms with Crippen molar-refractivity contribution in [2.45, 2.75) is 78.7 Å². The van der Waals surface area contributed by atoms with Crippen LogP contribution in [0.3, 0.4) is 0 Å². The molecular formula is C20H33N. The number of hydrogen-bond acceptors (Lipinski definition) is 1. The Labute approximate surface area is 131 Å². The second kappa shape index (κ2) is 5.41. The van der Waals surface area contributed by atoms with Gasteiger partial charge >= 0.3 is 0 Å². The molecule has 0 amide bonds. The first kappa shape index (κ1) is 16.5. The van der Waals surface area contributed by atoms with Gasteiger partial charge in [0.15, 0.2) is 0 Å². The average molecular weight is 287 g/mol. The molecule has 0 saturated heterocycles. The Hall–Kier alpha value is -0.850. The molecule has 0 bridgehead atoms. The van der Waals surface area contributed by atoms with Crippen molar-refractivity contribution in [3.63, 3.8) is 0 Å². The maximum absolute atomic E-state index is 5.01. The summed E-state index contributed by atoms with van der Waals surface area (Å²) in [5, 5.41) is 0. The standard InChI is InChI=1S/C20H33N/c1-8-12-19(7)17(10-9-15(2)3)16(4)11-13-20(19)18(5,6)14-21-20/h14,17H,2,4,8-13H2,1,3,5-7H3/t17-,19+,20+/m0/s1. The first-order chi connectivity index (χ1) is 9.70. The van der Waals surface area contributed by atoms with Crippen molar-refractivity contribution in [3.8, 4) is 0 Å². The minimum Gasteiger partial charge on any atom is -0.289 e. The summed E-state index contributed by atoms with van der Waals surface area (Å²) >= 11 is 0. The van der Waals surface area contributed by atoms with E-state index in [4.69, 9.17) is 4.99 Å². The Morgan fingerprint density at radius 2 is 2.05 bits per heavy atom. The summed E-state index contributed by atoms with van der Waals surface area (Å²) in [6.45, 7) is 20.2. The second-order valence-corrected chi connectivity index (χ2v) is 8.21. The van der Waals surface area contributed by atoms with Crippen molar-refractivity contribution in [3.05, 3.63) is 24.3 Å². The SMILES string of the molecule is C=C(C)CC[C@H]1C(=C)CC[C@]2(N=CC2(C)C)[C@]1(C)CCC. The molecule has 3 atom stereocenters. The van der Waals surface area contributed by atoms with Crippen LogP contribution < -0.4 is 0 Å². The lowest BCUT2D eigenvalue weighted by atomic mass is 9.44. The van der Waals surface area contributed by atoms with Crippen molar-refractivity contribution < 1.29 is 0 Å². The number of allylic oxidation sites excluding steroid dienone is 2. The van der Waals surface area contributed by atoms with E-state index >= 15 is 0 Å². The van der Waals surface area contributed by atoms with Crippen LogP contribution in [0.1, 0.15) is 73.1 Å². The number of rotatable bonds is 5. The van der Waals surface area contributed by atoms with Gasteiger partial charge in [-0.15, -0.1) is 6.58 Å². The molecule has 2 aliphatic rings. The number of hydrogen-bond donors (Lipinski definition) is 0. The third kappa shape index (κ3) is 2.33. The quantitative estimate of drug-likeness (QED) is 0.553. The van der Waals surface area contributed by atoms with E-state index in [0.29, 0.717) is 5.92 Å². The predicted molar refractivity (Wildman–Crippen MR) is 93.9 cm³/mol. The van der Waals surface area contributed by atoms with Gasteiger partial charge in [-0.1, -0.05) is 51.8 Å². The highest BCUT2D eigenvalue weighted by Crippen LogP contribution is 2.64. The monoisotopic (exact) mass is 287 g/mol. The molecule has 1 fully saturated rings. The summed E-state index contributed by atoms with van der Waals surface area (Å²) in [7, 11) is 0. The van der Waals surface area contributed by atoms with Crippen LogP contribution in [0.15, 0.2) is 29.3 Å². The summed E-state index contributed by atoms with van der Waals surface area (Å²) in [4.78, 5) is 5.01. The molecule has 1 saturated carbocycles. The van der Waals surface area contributed by atoms with Crippen molar-refractivity contribution in [2.75, 3.05) is 0 Å². The maximum atomic E-state index is 5.01. The minimum atomic E-state index is 0.122. The lowest BCUT2D eigenvalue weighted by Crippen LogP contribution is -2.65. The van der Waals surface area contributed by atoms with E-state index in [0.717, 1.165) is 12.8 Å². The van der Waals surface area contributed by atoms with E-state index in [1.165, 1.54) is 36.8 Å². The van der Waals surface area contributed by atoms with Gasteiger partial charge in [-0.3, -0.25) is 4.99 Å². The maximum Gasteiger partial charge on any atom is 0.0766 e. The highest BCUT2D eigenvalue weighted by atomic mass is 15.0. The first-order valence-electron chi connectivity index (χ1n) is 8.58. The first-order valence-corrected chi connectivity index (χ1v) is 8.58. The molecule has 1 aliphatic heterocycles. The molecule has 1 heteroatoms. The lowest BCUT2D eigenvalue weighted by Gasteiger charge is -2.64. The molecule has 0 unspecified atom stereocenters.